The minimum atomic E-state index is -0.523. The van der Waals surface area contributed by atoms with E-state index in [0.29, 0.717) is 12.4 Å². The lowest BCUT2D eigenvalue weighted by molar-refractivity contribution is 0.0217. The molecular formula is C20H25N5O2S2. The molecule has 0 bridgehead atoms. The Morgan fingerprint density at radius 1 is 1.31 bits per heavy atom. The van der Waals surface area contributed by atoms with Gasteiger partial charge in [-0.15, -0.1) is 15.3 Å². The number of rotatable bonds is 4. The fourth-order valence-corrected chi connectivity index (χ4v) is 5.33. The van der Waals surface area contributed by atoms with E-state index in [4.69, 9.17) is 9.84 Å². The van der Waals surface area contributed by atoms with Crippen LogP contribution in [0, 0.1) is 6.92 Å². The molecule has 29 heavy (non-hydrogen) atoms. The van der Waals surface area contributed by atoms with E-state index in [1.165, 1.54) is 22.5 Å². The maximum absolute atomic E-state index is 12.6. The number of nitrogens with zero attached hydrogens (tertiary/aromatic N) is 5. The van der Waals surface area contributed by atoms with Gasteiger partial charge < -0.3 is 4.74 Å². The molecule has 1 unspecified atom stereocenters. The standard InChI is InChI=1S/C20H25N5O2S2/c1-13-8-5-6-9-14(13)12-28-18-23-25-16(21-22-17(25)29-18)15-10-7-11-24(15)19(26)27-20(2,3)4/h5-6,8-9,15H,7,10-12H2,1-4H3. The number of thioether (sulfide) groups is 1. The summed E-state index contributed by atoms with van der Waals surface area (Å²) < 4.78 is 8.31. The number of hydrogen-bond acceptors (Lipinski definition) is 7. The number of carbonyl (C=O) groups excluding carboxylic acids is 1. The van der Waals surface area contributed by atoms with E-state index in [9.17, 15) is 4.79 Å². The SMILES string of the molecule is Cc1ccccc1CSc1nn2c(C3CCCN3C(=O)OC(C)(C)C)nnc2s1. The van der Waals surface area contributed by atoms with Crippen molar-refractivity contribution < 1.29 is 9.53 Å². The number of benzene rings is 1. The summed E-state index contributed by atoms with van der Waals surface area (Å²) in [5, 5.41) is 13.4. The van der Waals surface area contributed by atoms with Crippen molar-refractivity contribution in [3.05, 3.63) is 41.2 Å². The molecule has 1 amide bonds. The van der Waals surface area contributed by atoms with Gasteiger partial charge in [-0.1, -0.05) is 47.4 Å². The number of ether oxygens (including phenoxy) is 1. The Morgan fingerprint density at radius 3 is 2.86 bits per heavy atom. The molecule has 0 radical (unpaired) electrons. The van der Waals surface area contributed by atoms with Crippen LogP contribution in [0.2, 0.25) is 0 Å². The van der Waals surface area contributed by atoms with Crippen LogP contribution in [-0.2, 0) is 10.5 Å². The largest absolute Gasteiger partial charge is 0.444 e. The summed E-state index contributed by atoms with van der Waals surface area (Å²) in [5.74, 6) is 1.57. The predicted octanol–water partition coefficient (Wildman–Crippen LogP) is 4.86. The van der Waals surface area contributed by atoms with Gasteiger partial charge in [0.2, 0.25) is 4.96 Å². The van der Waals surface area contributed by atoms with Crippen molar-refractivity contribution in [2.24, 2.45) is 0 Å². The Hall–Kier alpha value is -2.13. The third-order valence-corrected chi connectivity index (χ3v) is 6.87. The van der Waals surface area contributed by atoms with Crippen LogP contribution in [0.5, 0.6) is 0 Å². The van der Waals surface area contributed by atoms with Crippen LogP contribution in [0.15, 0.2) is 28.6 Å². The summed E-state index contributed by atoms with van der Waals surface area (Å²) in [6.07, 6.45) is 1.45. The van der Waals surface area contributed by atoms with E-state index in [-0.39, 0.29) is 12.1 Å². The molecule has 9 heteroatoms. The van der Waals surface area contributed by atoms with E-state index >= 15 is 0 Å². The number of carbonyl (C=O) groups is 1. The average Bonchev–Trinajstić information content (AvgIpc) is 3.34. The quantitative estimate of drug-likeness (QED) is 0.550. The van der Waals surface area contributed by atoms with Gasteiger partial charge in [0.1, 0.15) is 5.60 Å². The van der Waals surface area contributed by atoms with E-state index in [1.807, 2.05) is 20.8 Å². The fraction of sp³-hybridized carbons (Fsp3) is 0.500. The van der Waals surface area contributed by atoms with E-state index in [0.717, 1.165) is 27.9 Å². The summed E-state index contributed by atoms with van der Waals surface area (Å²) in [4.78, 5) is 15.1. The highest BCUT2D eigenvalue weighted by Crippen LogP contribution is 2.34. The number of aromatic nitrogens is 4. The zero-order valence-corrected chi connectivity index (χ0v) is 18.7. The number of hydrogen-bond donors (Lipinski definition) is 0. The molecule has 0 N–H and O–H groups in total. The molecule has 2 aromatic heterocycles. The van der Waals surface area contributed by atoms with Gasteiger partial charge in [-0.3, -0.25) is 4.90 Å². The molecule has 0 spiro atoms. The van der Waals surface area contributed by atoms with Crippen LogP contribution in [0.4, 0.5) is 4.79 Å². The summed E-state index contributed by atoms with van der Waals surface area (Å²) in [6.45, 7) is 8.42. The lowest BCUT2D eigenvalue weighted by Crippen LogP contribution is -2.37. The van der Waals surface area contributed by atoms with Crippen LogP contribution in [0.3, 0.4) is 0 Å². The number of aryl methyl sites for hydroxylation is 1. The van der Waals surface area contributed by atoms with Crippen molar-refractivity contribution in [3.63, 3.8) is 0 Å². The van der Waals surface area contributed by atoms with E-state index in [1.54, 1.807) is 21.2 Å². The van der Waals surface area contributed by atoms with Gasteiger partial charge in [0, 0.05) is 12.3 Å². The summed E-state index contributed by atoms with van der Waals surface area (Å²) in [5.41, 5.74) is 2.06. The molecule has 3 aromatic rings. The number of amides is 1. The first kappa shape index (κ1) is 20.2. The van der Waals surface area contributed by atoms with Gasteiger partial charge in [0.15, 0.2) is 10.2 Å². The second kappa shape index (κ2) is 7.95. The third-order valence-electron chi connectivity index (χ3n) is 4.79. The van der Waals surface area contributed by atoms with Crippen molar-refractivity contribution in [3.8, 4) is 0 Å². The number of fused-ring (bicyclic) bond motifs is 1. The lowest BCUT2D eigenvalue weighted by atomic mass is 10.1. The van der Waals surface area contributed by atoms with Crippen molar-refractivity contribution >= 4 is 34.2 Å². The van der Waals surface area contributed by atoms with Gasteiger partial charge in [-0.25, -0.2) is 4.79 Å². The Balaban J connectivity index is 1.52. The first-order valence-corrected chi connectivity index (χ1v) is 11.5. The van der Waals surface area contributed by atoms with Gasteiger partial charge in [-0.2, -0.15) is 4.52 Å². The van der Waals surface area contributed by atoms with Crippen LogP contribution in [0.1, 0.15) is 56.6 Å². The first-order valence-electron chi connectivity index (χ1n) is 9.71. The average molecular weight is 432 g/mol. The maximum atomic E-state index is 12.6. The molecule has 1 saturated heterocycles. The van der Waals surface area contributed by atoms with Crippen LogP contribution in [-0.4, -0.2) is 43.0 Å². The molecule has 3 heterocycles. The molecule has 0 aliphatic carbocycles. The van der Waals surface area contributed by atoms with Crippen molar-refractivity contribution in [2.45, 2.75) is 62.3 Å². The Labute approximate surface area is 178 Å². The molecule has 1 aliphatic rings. The molecule has 154 valence electrons. The van der Waals surface area contributed by atoms with Gasteiger partial charge in [0.25, 0.3) is 0 Å². The molecule has 7 nitrogen and oxygen atoms in total. The monoisotopic (exact) mass is 431 g/mol. The molecule has 1 aromatic carbocycles. The second-order valence-corrected chi connectivity index (χ2v) is 10.3. The molecule has 4 rings (SSSR count). The molecular weight excluding hydrogens is 406 g/mol. The van der Waals surface area contributed by atoms with Crippen LogP contribution in [0.25, 0.3) is 4.96 Å². The summed E-state index contributed by atoms with van der Waals surface area (Å²) >= 11 is 3.23. The zero-order chi connectivity index (χ0) is 20.6. The molecule has 1 atom stereocenters. The topological polar surface area (TPSA) is 72.6 Å². The van der Waals surface area contributed by atoms with E-state index < -0.39 is 5.60 Å². The first-order chi connectivity index (χ1) is 13.8. The Bertz CT molecular complexity index is 1020. The fourth-order valence-electron chi connectivity index (χ4n) is 3.37. The van der Waals surface area contributed by atoms with Crippen molar-refractivity contribution in [2.75, 3.05) is 6.54 Å². The van der Waals surface area contributed by atoms with Crippen LogP contribution < -0.4 is 0 Å². The smallest absolute Gasteiger partial charge is 0.410 e. The maximum Gasteiger partial charge on any atom is 0.410 e. The second-order valence-electron chi connectivity index (χ2n) is 8.17. The van der Waals surface area contributed by atoms with Gasteiger partial charge >= 0.3 is 6.09 Å². The van der Waals surface area contributed by atoms with E-state index in [2.05, 4.69) is 41.4 Å². The third kappa shape index (κ3) is 4.40. The summed E-state index contributed by atoms with van der Waals surface area (Å²) in [6, 6.07) is 8.22. The van der Waals surface area contributed by atoms with Crippen LogP contribution >= 0.6 is 23.1 Å². The van der Waals surface area contributed by atoms with Crippen molar-refractivity contribution in [1.29, 1.82) is 0 Å². The Morgan fingerprint density at radius 2 is 2.10 bits per heavy atom. The predicted molar refractivity (Wildman–Crippen MR) is 114 cm³/mol. The molecule has 0 saturated carbocycles. The molecule has 1 aliphatic heterocycles. The minimum Gasteiger partial charge on any atom is -0.444 e. The van der Waals surface area contributed by atoms with Gasteiger partial charge in [0.05, 0.1) is 6.04 Å². The highest BCUT2D eigenvalue weighted by molar-refractivity contribution is 8.00. The lowest BCUT2D eigenvalue weighted by Gasteiger charge is -2.27. The minimum absolute atomic E-state index is 0.156. The highest BCUT2D eigenvalue weighted by Gasteiger charge is 2.36. The highest BCUT2D eigenvalue weighted by atomic mass is 32.2. The summed E-state index contributed by atoms with van der Waals surface area (Å²) in [7, 11) is 0. The Kier molecular flexibility index (Phi) is 5.52. The van der Waals surface area contributed by atoms with Crippen molar-refractivity contribution in [1.82, 2.24) is 24.7 Å². The molecule has 1 fully saturated rings. The zero-order valence-electron chi connectivity index (χ0n) is 17.1. The number of likely N-dealkylation sites (tertiary alicyclic amines) is 1. The van der Waals surface area contributed by atoms with Gasteiger partial charge in [-0.05, 0) is 51.7 Å². The normalized spacial score (nSPS) is 17.2.